The number of carbonyl (C=O) groups is 1. The van der Waals surface area contributed by atoms with Crippen molar-refractivity contribution in [1.29, 1.82) is 0 Å². The number of fused-ring (bicyclic) bond motifs is 5. The van der Waals surface area contributed by atoms with Gasteiger partial charge in [-0.2, -0.15) is 8.42 Å². The van der Waals surface area contributed by atoms with E-state index in [1.807, 2.05) is 0 Å². The number of hydrogen-bond donors (Lipinski definition) is 1. The fraction of sp³-hybridized carbons (Fsp3) is 0.947. The van der Waals surface area contributed by atoms with Gasteiger partial charge in [0.15, 0.2) is 0 Å². The largest absolute Gasteiger partial charge is 0.397 e. The average molecular weight is 394 g/mol. The molecule has 0 amide bonds. The zero-order valence-corrected chi connectivity index (χ0v) is 19.1. The maximum absolute atomic E-state index is 12.4. The molecule has 0 bridgehead atoms. The van der Waals surface area contributed by atoms with Crippen molar-refractivity contribution in [3.63, 3.8) is 0 Å². The molecule has 143 valence electrons. The van der Waals surface area contributed by atoms with Crippen molar-refractivity contribution in [2.24, 2.45) is 34.5 Å². The van der Waals surface area contributed by atoms with Crippen LogP contribution in [0.2, 0.25) is 0 Å². The fourth-order valence-electron chi connectivity index (χ4n) is 7.25. The van der Waals surface area contributed by atoms with Crippen molar-refractivity contribution < 1.29 is 21.9 Å². The van der Waals surface area contributed by atoms with E-state index < -0.39 is 10.4 Å². The second-order valence-corrected chi connectivity index (χ2v) is 10.5. The summed E-state index contributed by atoms with van der Waals surface area (Å²) < 4.78 is 36.0. The van der Waals surface area contributed by atoms with E-state index in [0.717, 1.165) is 51.4 Å². The SMILES string of the molecule is C[C@]12CC[C@@H](OS(=O)(=O)O)C[C@@H]1CC[C@@H]1[C@@H]2CC[C@]2(C)C(=O)CC[C@@H]12.[Na]. The van der Waals surface area contributed by atoms with Gasteiger partial charge in [0.05, 0.1) is 6.10 Å². The summed E-state index contributed by atoms with van der Waals surface area (Å²) in [7, 11) is -4.37. The molecule has 4 saturated carbocycles. The van der Waals surface area contributed by atoms with Crippen LogP contribution in [-0.4, -0.2) is 54.4 Å². The third-order valence-corrected chi connectivity index (χ3v) is 9.10. The predicted octanol–water partition coefficient (Wildman–Crippen LogP) is 3.41. The normalized spacial score (nSPS) is 48.1. The zero-order chi connectivity index (χ0) is 18.0. The summed E-state index contributed by atoms with van der Waals surface area (Å²) in [6.45, 7) is 4.59. The van der Waals surface area contributed by atoms with Crippen LogP contribution in [0, 0.1) is 34.5 Å². The fourth-order valence-corrected chi connectivity index (χ4v) is 7.77. The van der Waals surface area contributed by atoms with Crippen LogP contribution in [0.15, 0.2) is 0 Å². The molecular formula is C19H30NaO5S. The Hall–Kier alpha value is 0.540. The van der Waals surface area contributed by atoms with E-state index in [2.05, 4.69) is 13.8 Å². The monoisotopic (exact) mass is 393 g/mol. The van der Waals surface area contributed by atoms with Gasteiger partial charge >= 0.3 is 10.4 Å². The maximum Gasteiger partial charge on any atom is 0.397 e. The molecule has 7 heteroatoms. The summed E-state index contributed by atoms with van der Waals surface area (Å²) >= 11 is 0. The molecule has 1 radical (unpaired) electrons. The van der Waals surface area contributed by atoms with Crippen molar-refractivity contribution in [1.82, 2.24) is 0 Å². The Morgan fingerprint density at radius 1 is 1.04 bits per heavy atom. The molecule has 0 aromatic carbocycles. The quantitative estimate of drug-likeness (QED) is 0.574. The number of carbonyl (C=O) groups excluding carboxylic acids is 1. The van der Waals surface area contributed by atoms with Gasteiger partial charge in [0, 0.05) is 41.4 Å². The molecule has 0 aromatic rings. The summed E-state index contributed by atoms with van der Waals surface area (Å²) in [6.07, 6.45) is 8.19. The molecule has 1 N–H and O–H groups in total. The van der Waals surface area contributed by atoms with E-state index >= 15 is 0 Å². The molecule has 0 aromatic heterocycles. The van der Waals surface area contributed by atoms with Crippen LogP contribution in [0.1, 0.15) is 71.6 Å². The van der Waals surface area contributed by atoms with Gasteiger partial charge in [-0.15, -0.1) is 0 Å². The van der Waals surface area contributed by atoms with E-state index in [1.165, 1.54) is 0 Å². The second kappa shape index (κ2) is 7.10. The van der Waals surface area contributed by atoms with Crippen LogP contribution in [0.4, 0.5) is 0 Å². The second-order valence-electron chi connectivity index (χ2n) is 9.50. The van der Waals surface area contributed by atoms with Crippen LogP contribution in [0.25, 0.3) is 0 Å². The summed E-state index contributed by atoms with van der Waals surface area (Å²) in [5.74, 6) is 2.76. The minimum atomic E-state index is -4.37. The Morgan fingerprint density at radius 3 is 2.46 bits per heavy atom. The Bertz CT molecular complexity index is 679. The molecule has 0 saturated heterocycles. The van der Waals surface area contributed by atoms with Crippen LogP contribution < -0.4 is 0 Å². The Kier molecular flexibility index (Phi) is 5.80. The molecule has 0 spiro atoms. The van der Waals surface area contributed by atoms with Gasteiger partial charge in [0.1, 0.15) is 5.78 Å². The van der Waals surface area contributed by atoms with Gasteiger partial charge in [0.25, 0.3) is 0 Å². The Labute approximate surface area is 179 Å². The van der Waals surface area contributed by atoms with Crippen molar-refractivity contribution in [2.75, 3.05) is 0 Å². The van der Waals surface area contributed by atoms with Crippen molar-refractivity contribution in [3.05, 3.63) is 0 Å². The van der Waals surface area contributed by atoms with Crippen LogP contribution >= 0.6 is 0 Å². The van der Waals surface area contributed by atoms with Gasteiger partial charge in [-0.3, -0.25) is 9.35 Å². The first-order valence-electron chi connectivity index (χ1n) is 9.82. The molecular weight excluding hydrogens is 363 g/mol. The zero-order valence-electron chi connectivity index (χ0n) is 16.2. The number of Topliss-reactive ketones (excluding diaryl/α,β-unsaturated/α-hetero) is 1. The smallest absolute Gasteiger partial charge is 0.299 e. The van der Waals surface area contributed by atoms with E-state index in [4.69, 9.17) is 8.74 Å². The van der Waals surface area contributed by atoms with Gasteiger partial charge in [-0.1, -0.05) is 13.8 Å². The number of ketones is 1. The van der Waals surface area contributed by atoms with Gasteiger partial charge in [-0.25, -0.2) is 4.18 Å². The minimum Gasteiger partial charge on any atom is -0.299 e. The van der Waals surface area contributed by atoms with Gasteiger partial charge in [0.2, 0.25) is 0 Å². The standard InChI is InChI=1S/C19H30O5S.Na/c1-18-9-7-13(24-25(21,22)23)11-12(18)3-4-14-15-5-6-17(20)19(15,2)10-8-16(14)18;/h12-16H,3-11H2,1-2H3,(H,21,22,23);/t12-,13+,14-,15-,16-,18-,19-;/m0./s1. The number of rotatable bonds is 2. The molecule has 0 heterocycles. The molecule has 0 unspecified atom stereocenters. The first-order valence-corrected chi connectivity index (χ1v) is 11.2. The molecule has 7 atom stereocenters. The first-order chi connectivity index (χ1) is 11.6. The van der Waals surface area contributed by atoms with Gasteiger partial charge in [-0.05, 0) is 80.5 Å². The average Bonchev–Trinajstić information content (AvgIpc) is 2.82. The molecule has 0 aliphatic heterocycles. The third kappa shape index (κ3) is 3.37. The Morgan fingerprint density at radius 2 is 1.77 bits per heavy atom. The van der Waals surface area contributed by atoms with E-state index in [-0.39, 0.29) is 46.5 Å². The van der Waals surface area contributed by atoms with Crippen molar-refractivity contribution >= 4 is 45.7 Å². The molecule has 5 nitrogen and oxygen atoms in total. The summed E-state index contributed by atoms with van der Waals surface area (Å²) in [6, 6.07) is 0. The van der Waals surface area contributed by atoms with Crippen LogP contribution in [0.3, 0.4) is 0 Å². The topological polar surface area (TPSA) is 80.7 Å². The van der Waals surface area contributed by atoms with E-state index in [0.29, 0.717) is 35.9 Å². The molecule has 4 rings (SSSR count). The molecule has 4 aliphatic carbocycles. The minimum absolute atomic E-state index is 0. The molecule has 4 aliphatic rings. The first kappa shape index (κ1) is 21.3. The summed E-state index contributed by atoms with van der Waals surface area (Å²) in [4.78, 5) is 12.4. The van der Waals surface area contributed by atoms with Crippen molar-refractivity contribution in [2.45, 2.75) is 77.7 Å². The number of hydrogen-bond acceptors (Lipinski definition) is 4. The van der Waals surface area contributed by atoms with Crippen molar-refractivity contribution in [3.8, 4) is 0 Å². The molecule has 26 heavy (non-hydrogen) atoms. The Balaban J connectivity index is 0.00000196. The predicted molar refractivity (Wildman–Crippen MR) is 98.9 cm³/mol. The maximum atomic E-state index is 12.4. The third-order valence-electron chi connectivity index (χ3n) is 8.58. The van der Waals surface area contributed by atoms with Crippen LogP contribution in [-0.2, 0) is 19.4 Å². The summed E-state index contributed by atoms with van der Waals surface area (Å²) in [5.41, 5.74) is 0.130. The molecule has 4 fully saturated rings. The summed E-state index contributed by atoms with van der Waals surface area (Å²) in [5, 5.41) is 0. The van der Waals surface area contributed by atoms with Gasteiger partial charge < -0.3 is 0 Å². The van der Waals surface area contributed by atoms with E-state index in [9.17, 15) is 13.2 Å². The van der Waals surface area contributed by atoms with Crippen LogP contribution in [0.5, 0.6) is 0 Å². The van der Waals surface area contributed by atoms with E-state index in [1.54, 1.807) is 0 Å².